The van der Waals surface area contributed by atoms with Crippen LogP contribution in [0.15, 0.2) is 18.2 Å². The smallest absolute Gasteiger partial charge is 0.330 e. The first-order chi connectivity index (χ1) is 7.04. The second kappa shape index (κ2) is 4.99. The van der Waals surface area contributed by atoms with Gasteiger partial charge in [-0.1, -0.05) is 11.6 Å². The maximum Gasteiger partial charge on any atom is 0.330 e. The van der Waals surface area contributed by atoms with E-state index in [4.69, 9.17) is 11.6 Å². The SMILES string of the molecule is COC(=O)C=Cc1c(C)cc(Cl)cc1C. The highest BCUT2D eigenvalue weighted by molar-refractivity contribution is 6.30. The molecule has 0 amide bonds. The van der Waals surface area contributed by atoms with Crippen LogP contribution in [0.4, 0.5) is 0 Å². The number of carbonyl (C=O) groups excluding carboxylic acids is 1. The Hall–Kier alpha value is -1.28. The Morgan fingerprint density at radius 3 is 2.33 bits per heavy atom. The molecule has 0 aliphatic carbocycles. The lowest BCUT2D eigenvalue weighted by Gasteiger charge is -2.05. The molecule has 0 N–H and O–H groups in total. The minimum Gasteiger partial charge on any atom is -0.466 e. The van der Waals surface area contributed by atoms with E-state index in [0.717, 1.165) is 16.7 Å². The molecule has 15 heavy (non-hydrogen) atoms. The summed E-state index contributed by atoms with van der Waals surface area (Å²) in [5.74, 6) is -0.358. The molecule has 0 aromatic heterocycles. The van der Waals surface area contributed by atoms with Gasteiger partial charge in [-0.2, -0.15) is 0 Å². The van der Waals surface area contributed by atoms with E-state index in [9.17, 15) is 4.79 Å². The number of hydrogen-bond donors (Lipinski definition) is 0. The molecular weight excluding hydrogens is 212 g/mol. The summed E-state index contributed by atoms with van der Waals surface area (Å²) in [7, 11) is 1.36. The summed E-state index contributed by atoms with van der Waals surface area (Å²) in [5, 5.41) is 0.709. The number of benzene rings is 1. The maximum atomic E-state index is 10.9. The molecule has 0 atom stereocenters. The van der Waals surface area contributed by atoms with Crippen molar-refractivity contribution in [3.05, 3.63) is 39.9 Å². The predicted molar refractivity (Wildman–Crippen MR) is 62.0 cm³/mol. The van der Waals surface area contributed by atoms with E-state index in [1.54, 1.807) is 6.08 Å². The van der Waals surface area contributed by atoms with Crippen LogP contribution in [0.5, 0.6) is 0 Å². The lowest BCUT2D eigenvalue weighted by atomic mass is 10.0. The Bertz CT molecular complexity index is 385. The molecule has 0 aliphatic rings. The number of rotatable bonds is 2. The van der Waals surface area contributed by atoms with Gasteiger partial charge >= 0.3 is 5.97 Å². The summed E-state index contributed by atoms with van der Waals surface area (Å²) >= 11 is 5.90. The molecule has 0 fully saturated rings. The Labute approximate surface area is 94.5 Å². The average Bonchev–Trinajstić information content (AvgIpc) is 2.15. The molecule has 0 saturated carbocycles. The number of aryl methyl sites for hydroxylation is 2. The third-order valence-corrected chi connectivity index (χ3v) is 2.36. The highest BCUT2D eigenvalue weighted by Crippen LogP contribution is 2.21. The molecule has 1 aromatic carbocycles. The fourth-order valence-corrected chi connectivity index (χ4v) is 1.73. The van der Waals surface area contributed by atoms with Gasteiger partial charge in [0.25, 0.3) is 0 Å². The third kappa shape index (κ3) is 3.10. The minimum absolute atomic E-state index is 0.358. The molecule has 80 valence electrons. The highest BCUT2D eigenvalue weighted by Gasteiger charge is 2.01. The number of methoxy groups -OCH3 is 1. The van der Waals surface area contributed by atoms with Crippen LogP contribution >= 0.6 is 11.6 Å². The summed E-state index contributed by atoms with van der Waals surface area (Å²) < 4.78 is 4.52. The number of esters is 1. The van der Waals surface area contributed by atoms with Gasteiger partial charge in [0.1, 0.15) is 0 Å². The van der Waals surface area contributed by atoms with E-state index in [2.05, 4.69) is 4.74 Å². The van der Waals surface area contributed by atoms with Crippen LogP contribution in [-0.4, -0.2) is 13.1 Å². The molecule has 0 saturated heterocycles. The van der Waals surface area contributed by atoms with Crippen molar-refractivity contribution in [2.75, 3.05) is 7.11 Å². The van der Waals surface area contributed by atoms with E-state index in [1.165, 1.54) is 13.2 Å². The standard InChI is InChI=1S/C12H13ClO2/c1-8-6-10(13)7-9(2)11(8)4-5-12(14)15-3/h4-7H,1-3H3. The van der Waals surface area contributed by atoms with Crippen molar-refractivity contribution in [1.29, 1.82) is 0 Å². The third-order valence-electron chi connectivity index (χ3n) is 2.15. The van der Waals surface area contributed by atoms with Crippen LogP contribution in [0.1, 0.15) is 16.7 Å². The van der Waals surface area contributed by atoms with Gasteiger partial charge < -0.3 is 4.74 Å². The Kier molecular flexibility index (Phi) is 3.92. The van der Waals surface area contributed by atoms with Crippen LogP contribution in [0.25, 0.3) is 6.08 Å². The van der Waals surface area contributed by atoms with Crippen LogP contribution in [0.3, 0.4) is 0 Å². The van der Waals surface area contributed by atoms with E-state index in [0.29, 0.717) is 5.02 Å². The Morgan fingerprint density at radius 1 is 1.33 bits per heavy atom. The molecule has 0 spiro atoms. The predicted octanol–water partition coefficient (Wildman–Crippen LogP) is 3.14. The maximum absolute atomic E-state index is 10.9. The van der Waals surface area contributed by atoms with Crippen LogP contribution in [0, 0.1) is 13.8 Å². The van der Waals surface area contributed by atoms with Gasteiger partial charge in [0, 0.05) is 11.1 Å². The van der Waals surface area contributed by atoms with E-state index in [1.807, 2.05) is 26.0 Å². The summed E-state index contributed by atoms with van der Waals surface area (Å²) in [4.78, 5) is 10.9. The van der Waals surface area contributed by atoms with Crippen molar-refractivity contribution < 1.29 is 9.53 Å². The summed E-state index contributed by atoms with van der Waals surface area (Å²) in [5.41, 5.74) is 3.09. The molecule has 0 aliphatic heterocycles. The Balaban J connectivity index is 3.05. The van der Waals surface area contributed by atoms with Gasteiger partial charge in [-0.25, -0.2) is 4.79 Å². The van der Waals surface area contributed by atoms with Gasteiger partial charge in [-0.05, 0) is 48.7 Å². The normalized spacial score (nSPS) is 10.7. The van der Waals surface area contributed by atoms with E-state index in [-0.39, 0.29) is 5.97 Å². The van der Waals surface area contributed by atoms with Crippen molar-refractivity contribution >= 4 is 23.6 Å². The second-order valence-corrected chi connectivity index (χ2v) is 3.75. The highest BCUT2D eigenvalue weighted by atomic mass is 35.5. The van der Waals surface area contributed by atoms with Gasteiger partial charge in [-0.15, -0.1) is 0 Å². The molecule has 0 bridgehead atoms. The average molecular weight is 225 g/mol. The second-order valence-electron chi connectivity index (χ2n) is 3.31. The fraction of sp³-hybridized carbons (Fsp3) is 0.250. The topological polar surface area (TPSA) is 26.3 Å². The Morgan fingerprint density at radius 2 is 1.87 bits per heavy atom. The lowest BCUT2D eigenvalue weighted by molar-refractivity contribution is -0.134. The number of ether oxygens (including phenoxy) is 1. The van der Waals surface area contributed by atoms with Gasteiger partial charge in [0.05, 0.1) is 7.11 Å². The van der Waals surface area contributed by atoms with Gasteiger partial charge in [-0.3, -0.25) is 0 Å². The molecule has 0 radical (unpaired) electrons. The van der Waals surface area contributed by atoms with E-state index >= 15 is 0 Å². The molecular formula is C12H13ClO2. The van der Waals surface area contributed by atoms with Crippen LogP contribution in [-0.2, 0) is 9.53 Å². The molecule has 0 unspecified atom stereocenters. The van der Waals surface area contributed by atoms with Gasteiger partial charge in [0.2, 0.25) is 0 Å². The number of hydrogen-bond acceptors (Lipinski definition) is 2. The number of carbonyl (C=O) groups is 1. The fourth-order valence-electron chi connectivity index (χ4n) is 1.40. The molecule has 2 nitrogen and oxygen atoms in total. The van der Waals surface area contributed by atoms with Crippen LogP contribution < -0.4 is 0 Å². The largest absolute Gasteiger partial charge is 0.466 e. The van der Waals surface area contributed by atoms with Crippen LogP contribution in [0.2, 0.25) is 5.02 Å². The minimum atomic E-state index is -0.358. The monoisotopic (exact) mass is 224 g/mol. The lowest BCUT2D eigenvalue weighted by Crippen LogP contribution is -1.94. The van der Waals surface area contributed by atoms with Crippen molar-refractivity contribution in [2.24, 2.45) is 0 Å². The zero-order valence-electron chi connectivity index (χ0n) is 9.00. The number of halogens is 1. The van der Waals surface area contributed by atoms with Crippen molar-refractivity contribution in [3.63, 3.8) is 0 Å². The summed E-state index contributed by atoms with van der Waals surface area (Å²) in [6.45, 7) is 3.91. The summed E-state index contributed by atoms with van der Waals surface area (Å²) in [6.07, 6.45) is 3.15. The van der Waals surface area contributed by atoms with Crippen molar-refractivity contribution in [1.82, 2.24) is 0 Å². The first kappa shape index (κ1) is 11.8. The first-order valence-electron chi connectivity index (χ1n) is 4.57. The summed E-state index contributed by atoms with van der Waals surface area (Å²) in [6, 6.07) is 3.73. The molecule has 0 heterocycles. The molecule has 3 heteroatoms. The molecule has 1 rings (SSSR count). The van der Waals surface area contributed by atoms with Gasteiger partial charge in [0.15, 0.2) is 0 Å². The zero-order valence-corrected chi connectivity index (χ0v) is 9.76. The van der Waals surface area contributed by atoms with E-state index < -0.39 is 0 Å². The van der Waals surface area contributed by atoms with Crippen molar-refractivity contribution in [3.8, 4) is 0 Å². The quantitative estimate of drug-likeness (QED) is 0.570. The molecule has 1 aromatic rings. The first-order valence-corrected chi connectivity index (χ1v) is 4.95. The van der Waals surface area contributed by atoms with Crippen molar-refractivity contribution in [2.45, 2.75) is 13.8 Å². The zero-order chi connectivity index (χ0) is 11.4.